The first-order valence-corrected chi connectivity index (χ1v) is 6.00. The molecule has 0 spiro atoms. The fourth-order valence-corrected chi connectivity index (χ4v) is 1.21. The van der Waals surface area contributed by atoms with Gasteiger partial charge in [-0.3, -0.25) is 0 Å². The van der Waals surface area contributed by atoms with E-state index < -0.39 is 0 Å². The molecule has 1 aromatic heterocycles. The third-order valence-electron chi connectivity index (χ3n) is 2.29. The number of aromatic nitrogens is 3. The number of hydrogen-bond acceptors (Lipinski definition) is 3. The molecule has 1 N–H and O–H groups in total. The lowest BCUT2D eigenvalue weighted by atomic mass is 9.86. The second-order valence-electron chi connectivity index (χ2n) is 4.41. The van der Waals surface area contributed by atoms with Gasteiger partial charge >= 0.3 is 0 Å². The van der Waals surface area contributed by atoms with Crippen LogP contribution in [0.4, 0.5) is 0 Å². The van der Waals surface area contributed by atoms with Crippen molar-refractivity contribution in [3.05, 3.63) is 11.9 Å². The van der Waals surface area contributed by atoms with E-state index in [1.807, 2.05) is 27.7 Å². The van der Waals surface area contributed by atoms with Crippen molar-refractivity contribution < 1.29 is 4.74 Å². The van der Waals surface area contributed by atoms with Gasteiger partial charge in [0.2, 0.25) is 0 Å². The Morgan fingerprint density at radius 1 is 1.38 bits per heavy atom. The van der Waals surface area contributed by atoms with Crippen LogP contribution in [0.5, 0.6) is 0 Å². The summed E-state index contributed by atoms with van der Waals surface area (Å²) in [5, 5.41) is 10.5. The van der Waals surface area contributed by atoms with Crippen LogP contribution >= 0.6 is 0 Å². The van der Waals surface area contributed by atoms with Gasteiger partial charge in [-0.15, -0.1) is 0 Å². The summed E-state index contributed by atoms with van der Waals surface area (Å²) >= 11 is 0. The maximum absolute atomic E-state index is 5.52. The van der Waals surface area contributed by atoms with E-state index in [-0.39, 0.29) is 5.41 Å². The maximum Gasteiger partial charge on any atom is 0.0881 e. The van der Waals surface area contributed by atoms with Crippen LogP contribution in [0.25, 0.3) is 0 Å². The average molecular weight is 227 g/mol. The quantitative estimate of drug-likeness (QED) is 0.841. The Morgan fingerprint density at radius 2 is 2.00 bits per heavy atom. The molecule has 0 aliphatic rings. The highest BCUT2D eigenvalue weighted by Gasteiger charge is 2.23. The molecule has 0 fully saturated rings. The van der Waals surface area contributed by atoms with Gasteiger partial charge in [-0.05, 0) is 20.3 Å². The van der Waals surface area contributed by atoms with Gasteiger partial charge in [0.15, 0.2) is 0 Å². The summed E-state index contributed by atoms with van der Waals surface area (Å²) in [7, 11) is 0. The minimum absolute atomic E-state index is 0.0297. The largest absolute Gasteiger partial charge is 0.379 e. The summed E-state index contributed by atoms with van der Waals surface area (Å²) in [5.41, 5.74) is 1.02. The molecule has 0 aliphatic carbocycles. The Morgan fingerprint density at radius 3 is 2.44 bits per heavy atom. The lowest BCUT2D eigenvalue weighted by Gasteiger charge is -2.22. The number of H-pyrrole nitrogens is 1. The highest BCUT2D eigenvalue weighted by Crippen LogP contribution is 2.24. The van der Waals surface area contributed by atoms with Gasteiger partial charge in [0, 0.05) is 12.0 Å². The van der Waals surface area contributed by atoms with Gasteiger partial charge < -0.3 is 4.74 Å². The molecular weight excluding hydrogens is 202 g/mol. The molecule has 4 nitrogen and oxygen atoms in total. The van der Waals surface area contributed by atoms with Gasteiger partial charge in [-0.2, -0.15) is 15.4 Å². The zero-order valence-electron chi connectivity index (χ0n) is 11.4. The standard InChI is InChI=1S/C10H19N3O.C2H6/c1-8(2)14-6-5-10(3,4)9-7-11-13-12-9;1-2/h7-8H,5-6H2,1-4H3,(H,11,12,13);1-2H3. The van der Waals surface area contributed by atoms with E-state index >= 15 is 0 Å². The van der Waals surface area contributed by atoms with E-state index in [2.05, 4.69) is 29.3 Å². The second kappa shape index (κ2) is 7.39. The molecule has 1 rings (SSSR count). The summed E-state index contributed by atoms with van der Waals surface area (Å²) in [5.74, 6) is 0. The predicted molar refractivity (Wildman–Crippen MR) is 66.5 cm³/mol. The van der Waals surface area contributed by atoms with Crippen molar-refractivity contribution >= 4 is 0 Å². The van der Waals surface area contributed by atoms with Crippen LogP contribution in [0, 0.1) is 0 Å². The summed E-state index contributed by atoms with van der Waals surface area (Å²) < 4.78 is 5.52. The lowest BCUT2D eigenvalue weighted by molar-refractivity contribution is 0.0668. The predicted octanol–water partition coefficient (Wildman–Crippen LogP) is 2.92. The summed E-state index contributed by atoms with van der Waals surface area (Å²) in [6.45, 7) is 13.1. The van der Waals surface area contributed by atoms with Crippen molar-refractivity contribution in [2.75, 3.05) is 6.61 Å². The first kappa shape index (κ1) is 15.1. The van der Waals surface area contributed by atoms with Crippen molar-refractivity contribution in [1.29, 1.82) is 0 Å². The smallest absolute Gasteiger partial charge is 0.0881 e. The van der Waals surface area contributed by atoms with Crippen molar-refractivity contribution in [2.24, 2.45) is 0 Å². The number of hydrogen-bond donors (Lipinski definition) is 1. The van der Waals surface area contributed by atoms with E-state index in [0.717, 1.165) is 18.7 Å². The number of ether oxygens (including phenoxy) is 1. The average Bonchev–Trinajstić information content (AvgIpc) is 2.73. The highest BCUT2D eigenvalue weighted by molar-refractivity contribution is 5.07. The third-order valence-corrected chi connectivity index (χ3v) is 2.29. The monoisotopic (exact) mass is 227 g/mol. The summed E-state index contributed by atoms with van der Waals surface area (Å²) in [6.07, 6.45) is 3.02. The molecule has 0 unspecified atom stereocenters. The minimum Gasteiger partial charge on any atom is -0.379 e. The fourth-order valence-electron chi connectivity index (χ4n) is 1.21. The van der Waals surface area contributed by atoms with Crippen LogP contribution in [0.15, 0.2) is 6.20 Å². The molecule has 1 heterocycles. The molecular formula is C12H25N3O. The Hall–Kier alpha value is -0.900. The van der Waals surface area contributed by atoms with Gasteiger partial charge in [0.25, 0.3) is 0 Å². The van der Waals surface area contributed by atoms with Crippen LogP contribution in [0.2, 0.25) is 0 Å². The molecule has 94 valence electrons. The Kier molecular flexibility index (Phi) is 6.97. The van der Waals surface area contributed by atoms with E-state index in [9.17, 15) is 0 Å². The summed E-state index contributed by atoms with van der Waals surface area (Å²) in [6, 6.07) is 0. The molecule has 0 saturated carbocycles. The molecule has 0 radical (unpaired) electrons. The Labute approximate surface area is 98.8 Å². The van der Waals surface area contributed by atoms with Gasteiger partial charge in [0.05, 0.1) is 18.0 Å². The molecule has 0 bridgehead atoms. The first-order chi connectivity index (χ1) is 7.52. The Balaban J connectivity index is 0.00000106. The first-order valence-electron chi connectivity index (χ1n) is 6.00. The molecule has 16 heavy (non-hydrogen) atoms. The molecule has 0 saturated heterocycles. The van der Waals surface area contributed by atoms with E-state index in [4.69, 9.17) is 4.74 Å². The molecule has 0 atom stereocenters. The SMILES string of the molecule is CC.CC(C)OCCC(C)(C)c1cn[nH]n1. The number of aromatic amines is 1. The second-order valence-corrected chi connectivity index (χ2v) is 4.41. The van der Waals surface area contributed by atoms with Crippen molar-refractivity contribution in [3.8, 4) is 0 Å². The number of nitrogens with one attached hydrogen (secondary N) is 1. The zero-order chi connectivity index (χ0) is 12.6. The molecule has 0 aromatic carbocycles. The molecule has 4 heteroatoms. The van der Waals surface area contributed by atoms with E-state index in [0.29, 0.717) is 6.10 Å². The number of nitrogens with zero attached hydrogens (tertiary/aromatic N) is 2. The fraction of sp³-hybridized carbons (Fsp3) is 0.833. The van der Waals surface area contributed by atoms with Crippen LogP contribution < -0.4 is 0 Å². The van der Waals surface area contributed by atoms with Gasteiger partial charge in [-0.25, -0.2) is 0 Å². The van der Waals surface area contributed by atoms with E-state index in [1.165, 1.54) is 0 Å². The highest BCUT2D eigenvalue weighted by atomic mass is 16.5. The van der Waals surface area contributed by atoms with Crippen molar-refractivity contribution in [3.63, 3.8) is 0 Å². The summed E-state index contributed by atoms with van der Waals surface area (Å²) in [4.78, 5) is 0. The van der Waals surface area contributed by atoms with Crippen molar-refractivity contribution in [2.45, 2.75) is 59.5 Å². The lowest BCUT2D eigenvalue weighted by Crippen LogP contribution is -2.21. The topological polar surface area (TPSA) is 50.8 Å². The Bertz CT molecular complexity index is 255. The van der Waals surface area contributed by atoms with Crippen LogP contribution in [0.1, 0.15) is 53.7 Å². The minimum atomic E-state index is 0.0297. The van der Waals surface area contributed by atoms with E-state index in [1.54, 1.807) is 6.20 Å². The third kappa shape index (κ3) is 5.26. The van der Waals surface area contributed by atoms with Crippen molar-refractivity contribution in [1.82, 2.24) is 15.4 Å². The zero-order valence-corrected chi connectivity index (χ0v) is 11.4. The maximum atomic E-state index is 5.52. The number of rotatable bonds is 5. The van der Waals surface area contributed by atoms with Gasteiger partial charge in [0.1, 0.15) is 0 Å². The van der Waals surface area contributed by atoms with Gasteiger partial charge in [-0.1, -0.05) is 27.7 Å². The molecule has 1 aromatic rings. The van der Waals surface area contributed by atoms with Crippen LogP contribution in [-0.2, 0) is 10.2 Å². The van der Waals surface area contributed by atoms with Crippen LogP contribution in [0.3, 0.4) is 0 Å². The normalized spacial score (nSPS) is 11.2. The molecule has 0 amide bonds. The molecule has 0 aliphatic heterocycles. The van der Waals surface area contributed by atoms with Crippen LogP contribution in [-0.4, -0.2) is 28.1 Å².